The molecule has 0 saturated carbocycles. The summed E-state index contributed by atoms with van der Waals surface area (Å²) in [5, 5.41) is 0. The minimum Gasteiger partial charge on any atom is -0.495 e. The molecule has 2 rings (SSSR count). The average molecular weight is 282 g/mol. The molecule has 1 aliphatic rings. The molecule has 2 N–H and O–H groups in total. The summed E-state index contributed by atoms with van der Waals surface area (Å²) in [6.45, 7) is 7.65. The molecule has 1 aromatic heterocycles. The highest BCUT2D eigenvalue weighted by Gasteiger charge is 2.36. The van der Waals surface area contributed by atoms with Gasteiger partial charge in [0.1, 0.15) is 10.6 Å². The zero-order valence-corrected chi connectivity index (χ0v) is 12.8. The van der Waals surface area contributed by atoms with Crippen molar-refractivity contribution in [2.75, 3.05) is 20.2 Å². The average Bonchev–Trinajstić information content (AvgIpc) is 2.73. The van der Waals surface area contributed by atoms with Crippen LogP contribution in [0.4, 0.5) is 0 Å². The van der Waals surface area contributed by atoms with Gasteiger partial charge in [-0.25, -0.2) is 0 Å². The van der Waals surface area contributed by atoms with Crippen molar-refractivity contribution in [3.63, 3.8) is 0 Å². The SMILES string of the molecule is COc1cc(C)sc1C(=O)N1CCC(N)C(C)(C)C1. The van der Waals surface area contributed by atoms with Crippen LogP contribution >= 0.6 is 11.3 Å². The van der Waals surface area contributed by atoms with Gasteiger partial charge < -0.3 is 15.4 Å². The number of hydrogen-bond donors (Lipinski definition) is 1. The van der Waals surface area contributed by atoms with Gasteiger partial charge in [-0.3, -0.25) is 4.79 Å². The Morgan fingerprint density at radius 2 is 2.26 bits per heavy atom. The van der Waals surface area contributed by atoms with Gasteiger partial charge in [-0.2, -0.15) is 0 Å². The largest absolute Gasteiger partial charge is 0.495 e. The number of hydrogen-bond acceptors (Lipinski definition) is 4. The Kier molecular flexibility index (Phi) is 3.87. The molecule has 1 saturated heterocycles. The molecule has 5 heteroatoms. The summed E-state index contributed by atoms with van der Waals surface area (Å²) >= 11 is 1.49. The molecule has 1 fully saturated rings. The number of thiophene rings is 1. The van der Waals surface area contributed by atoms with Crippen LogP contribution in [0.3, 0.4) is 0 Å². The van der Waals surface area contributed by atoms with E-state index in [1.165, 1.54) is 11.3 Å². The molecule has 2 heterocycles. The van der Waals surface area contributed by atoms with Crippen molar-refractivity contribution in [3.8, 4) is 5.75 Å². The quantitative estimate of drug-likeness (QED) is 0.905. The minimum absolute atomic E-state index is 0.0343. The summed E-state index contributed by atoms with van der Waals surface area (Å²) in [4.78, 5) is 16.3. The first-order valence-electron chi connectivity index (χ1n) is 6.54. The summed E-state index contributed by atoms with van der Waals surface area (Å²) in [7, 11) is 1.61. The number of rotatable bonds is 2. The first-order chi connectivity index (χ1) is 8.85. The van der Waals surface area contributed by atoms with Crippen molar-refractivity contribution in [2.45, 2.75) is 33.2 Å². The molecule has 1 unspecified atom stereocenters. The number of carbonyl (C=O) groups is 1. The fraction of sp³-hybridized carbons (Fsp3) is 0.643. The Hall–Kier alpha value is -1.07. The predicted octanol–water partition coefficient (Wildman–Crippen LogP) is 2.26. The number of ether oxygens (including phenoxy) is 1. The third-order valence-corrected chi connectivity index (χ3v) is 4.85. The molecule has 0 aromatic carbocycles. The second kappa shape index (κ2) is 5.13. The maximum Gasteiger partial charge on any atom is 0.267 e. The van der Waals surface area contributed by atoms with Gasteiger partial charge in [-0.15, -0.1) is 11.3 Å². The van der Waals surface area contributed by atoms with Crippen LogP contribution in [-0.2, 0) is 0 Å². The van der Waals surface area contributed by atoms with E-state index >= 15 is 0 Å². The molecule has 1 amide bonds. The standard InChI is InChI=1S/C14H22N2O2S/c1-9-7-10(18-4)12(19-9)13(17)16-6-5-11(15)14(2,3)8-16/h7,11H,5-6,8,15H2,1-4H3. The Morgan fingerprint density at radius 3 is 2.84 bits per heavy atom. The van der Waals surface area contributed by atoms with Gasteiger partial charge in [0.05, 0.1) is 7.11 Å². The Labute approximate surface area is 118 Å². The van der Waals surface area contributed by atoms with Gasteiger partial charge >= 0.3 is 0 Å². The topological polar surface area (TPSA) is 55.6 Å². The van der Waals surface area contributed by atoms with E-state index in [4.69, 9.17) is 10.5 Å². The summed E-state index contributed by atoms with van der Waals surface area (Å²) in [5.41, 5.74) is 6.08. The van der Waals surface area contributed by atoms with Crippen molar-refractivity contribution < 1.29 is 9.53 Å². The van der Waals surface area contributed by atoms with Crippen molar-refractivity contribution >= 4 is 17.2 Å². The molecule has 4 nitrogen and oxygen atoms in total. The van der Waals surface area contributed by atoms with E-state index < -0.39 is 0 Å². The number of amides is 1. The number of methoxy groups -OCH3 is 1. The first-order valence-corrected chi connectivity index (χ1v) is 7.36. The Balaban J connectivity index is 2.20. The molecule has 0 aliphatic carbocycles. The van der Waals surface area contributed by atoms with Crippen molar-refractivity contribution in [3.05, 3.63) is 15.8 Å². The van der Waals surface area contributed by atoms with Crippen molar-refractivity contribution in [1.82, 2.24) is 4.90 Å². The second-order valence-corrected chi connectivity index (χ2v) is 7.12. The van der Waals surface area contributed by atoms with E-state index in [9.17, 15) is 4.79 Å². The van der Waals surface area contributed by atoms with E-state index in [0.29, 0.717) is 17.2 Å². The zero-order chi connectivity index (χ0) is 14.2. The highest BCUT2D eigenvalue weighted by molar-refractivity contribution is 7.14. The number of aryl methyl sites for hydroxylation is 1. The molecule has 106 valence electrons. The lowest BCUT2D eigenvalue weighted by Gasteiger charge is -2.42. The number of likely N-dealkylation sites (tertiary alicyclic amines) is 1. The van der Waals surface area contributed by atoms with E-state index in [-0.39, 0.29) is 17.4 Å². The van der Waals surface area contributed by atoms with Gasteiger partial charge in [0.2, 0.25) is 0 Å². The van der Waals surface area contributed by atoms with Crippen LogP contribution in [0.2, 0.25) is 0 Å². The number of carbonyl (C=O) groups excluding carboxylic acids is 1. The van der Waals surface area contributed by atoms with Crippen molar-refractivity contribution in [2.24, 2.45) is 11.1 Å². The third-order valence-electron chi connectivity index (χ3n) is 3.83. The molecular formula is C14H22N2O2S. The monoisotopic (exact) mass is 282 g/mol. The smallest absolute Gasteiger partial charge is 0.267 e. The van der Waals surface area contributed by atoms with Gasteiger partial charge in [-0.1, -0.05) is 13.8 Å². The van der Waals surface area contributed by atoms with Crippen LogP contribution in [0.1, 0.15) is 34.8 Å². The Bertz CT molecular complexity index is 482. The molecular weight excluding hydrogens is 260 g/mol. The van der Waals surface area contributed by atoms with Crippen LogP contribution in [-0.4, -0.2) is 37.0 Å². The van der Waals surface area contributed by atoms with Gasteiger partial charge in [-0.05, 0) is 24.8 Å². The maximum absolute atomic E-state index is 12.6. The second-order valence-electron chi connectivity index (χ2n) is 5.87. The molecule has 1 atom stereocenters. The van der Waals surface area contributed by atoms with E-state index in [1.54, 1.807) is 7.11 Å². The maximum atomic E-state index is 12.6. The van der Waals surface area contributed by atoms with Crippen LogP contribution in [0.5, 0.6) is 5.75 Å². The molecule has 1 aliphatic heterocycles. The lowest BCUT2D eigenvalue weighted by atomic mass is 9.79. The van der Waals surface area contributed by atoms with Crippen LogP contribution in [0.25, 0.3) is 0 Å². The lowest BCUT2D eigenvalue weighted by molar-refractivity contribution is 0.0535. The van der Waals surface area contributed by atoms with E-state index in [1.807, 2.05) is 17.9 Å². The Morgan fingerprint density at radius 1 is 1.58 bits per heavy atom. The summed E-state index contributed by atoms with van der Waals surface area (Å²) < 4.78 is 5.29. The van der Waals surface area contributed by atoms with Gasteiger partial charge in [0.25, 0.3) is 5.91 Å². The fourth-order valence-electron chi connectivity index (χ4n) is 2.48. The highest BCUT2D eigenvalue weighted by Crippen LogP contribution is 2.33. The van der Waals surface area contributed by atoms with E-state index in [0.717, 1.165) is 17.8 Å². The first kappa shape index (κ1) is 14.3. The lowest BCUT2D eigenvalue weighted by Crippen LogP contribution is -2.53. The number of nitrogens with two attached hydrogens (primary N) is 1. The fourth-order valence-corrected chi connectivity index (χ4v) is 3.43. The number of nitrogens with zero attached hydrogens (tertiary/aromatic N) is 1. The molecule has 0 bridgehead atoms. The van der Waals surface area contributed by atoms with Gasteiger partial charge in [0, 0.05) is 24.0 Å². The van der Waals surface area contributed by atoms with Crippen LogP contribution in [0.15, 0.2) is 6.07 Å². The molecule has 0 radical (unpaired) electrons. The normalized spacial score (nSPS) is 22.4. The van der Waals surface area contributed by atoms with E-state index in [2.05, 4.69) is 13.8 Å². The summed E-state index contributed by atoms with van der Waals surface area (Å²) in [6, 6.07) is 2.07. The third kappa shape index (κ3) is 2.77. The minimum atomic E-state index is -0.0343. The molecule has 19 heavy (non-hydrogen) atoms. The summed E-state index contributed by atoms with van der Waals surface area (Å²) in [6.07, 6.45) is 0.853. The summed E-state index contributed by atoms with van der Waals surface area (Å²) in [5.74, 6) is 0.745. The molecule has 0 spiro atoms. The van der Waals surface area contributed by atoms with Crippen molar-refractivity contribution in [1.29, 1.82) is 0 Å². The molecule has 1 aromatic rings. The van der Waals surface area contributed by atoms with Crippen LogP contribution in [0, 0.1) is 12.3 Å². The van der Waals surface area contributed by atoms with Crippen LogP contribution < -0.4 is 10.5 Å². The zero-order valence-electron chi connectivity index (χ0n) is 12.0. The predicted molar refractivity (Wildman–Crippen MR) is 77.9 cm³/mol. The highest BCUT2D eigenvalue weighted by atomic mass is 32.1. The number of piperidine rings is 1. The van der Waals surface area contributed by atoms with Gasteiger partial charge in [0.15, 0.2) is 0 Å².